The van der Waals surface area contributed by atoms with Crippen LogP contribution in [0.3, 0.4) is 0 Å². The zero-order chi connectivity index (χ0) is 17.9. The van der Waals surface area contributed by atoms with E-state index in [0.29, 0.717) is 12.8 Å². The van der Waals surface area contributed by atoms with E-state index in [9.17, 15) is 0 Å². The van der Waals surface area contributed by atoms with Gasteiger partial charge in [-0.05, 0) is 43.1 Å². The van der Waals surface area contributed by atoms with E-state index in [2.05, 4.69) is 40.2 Å². The molecule has 9 heteroatoms. The monoisotopic (exact) mass is 417 g/mol. The number of aromatic nitrogens is 3. The summed E-state index contributed by atoms with van der Waals surface area (Å²) in [5, 5.41) is 8.18. The van der Waals surface area contributed by atoms with Gasteiger partial charge in [0, 0.05) is 33.5 Å². The van der Waals surface area contributed by atoms with E-state index in [0.717, 1.165) is 49.0 Å². The lowest BCUT2D eigenvalue weighted by molar-refractivity contribution is 0.0899. The SMILES string of the molecule is C[Si](C)(C)CCOCn1ccc2c(N[C@@H]3CCCNC3)nc(Cl)nc21.Cl. The molecule has 26 heavy (non-hydrogen) atoms. The van der Waals surface area contributed by atoms with Gasteiger partial charge in [0.15, 0.2) is 0 Å². The molecule has 3 rings (SSSR count). The smallest absolute Gasteiger partial charge is 0.226 e. The lowest BCUT2D eigenvalue weighted by Gasteiger charge is -2.24. The van der Waals surface area contributed by atoms with Gasteiger partial charge >= 0.3 is 0 Å². The van der Waals surface area contributed by atoms with Crippen LogP contribution in [0, 0.1) is 0 Å². The summed E-state index contributed by atoms with van der Waals surface area (Å²) in [6.07, 6.45) is 4.30. The first-order valence-electron chi connectivity index (χ1n) is 9.00. The van der Waals surface area contributed by atoms with Crippen LogP contribution in [-0.2, 0) is 11.5 Å². The highest BCUT2D eigenvalue weighted by Gasteiger charge is 2.17. The summed E-state index contributed by atoms with van der Waals surface area (Å²) in [7, 11) is -1.07. The van der Waals surface area contributed by atoms with Crippen molar-refractivity contribution in [2.24, 2.45) is 0 Å². The summed E-state index contributed by atoms with van der Waals surface area (Å²) in [5.41, 5.74) is 0.819. The van der Waals surface area contributed by atoms with Crippen LogP contribution in [0.25, 0.3) is 11.0 Å². The fourth-order valence-electron chi connectivity index (χ4n) is 2.96. The first-order chi connectivity index (χ1) is 11.9. The van der Waals surface area contributed by atoms with Crippen molar-refractivity contribution in [1.82, 2.24) is 19.9 Å². The number of nitrogens with one attached hydrogen (secondary N) is 2. The van der Waals surface area contributed by atoms with Crippen molar-refractivity contribution in [2.45, 2.75) is 51.3 Å². The largest absolute Gasteiger partial charge is 0.365 e. The Balaban J connectivity index is 0.00000243. The molecular weight excluding hydrogens is 389 g/mol. The molecule has 0 spiro atoms. The number of hydrogen-bond acceptors (Lipinski definition) is 5. The molecule has 1 atom stereocenters. The predicted octanol–water partition coefficient (Wildman–Crippen LogP) is 3.98. The quantitative estimate of drug-likeness (QED) is 0.405. The third-order valence-electron chi connectivity index (χ3n) is 4.46. The van der Waals surface area contributed by atoms with Gasteiger partial charge in [0.2, 0.25) is 5.28 Å². The lowest BCUT2D eigenvalue weighted by Crippen LogP contribution is -2.38. The fourth-order valence-corrected chi connectivity index (χ4v) is 3.88. The second-order valence-corrected chi connectivity index (χ2v) is 13.9. The van der Waals surface area contributed by atoms with Crippen molar-refractivity contribution in [3.63, 3.8) is 0 Å². The average molecular weight is 418 g/mol. The molecule has 1 fully saturated rings. The number of anilines is 1. The predicted molar refractivity (Wildman–Crippen MR) is 113 cm³/mol. The summed E-state index contributed by atoms with van der Waals surface area (Å²) >= 11 is 6.17. The van der Waals surface area contributed by atoms with Crippen LogP contribution in [0.4, 0.5) is 5.82 Å². The maximum Gasteiger partial charge on any atom is 0.226 e. The molecule has 1 aliphatic heterocycles. The van der Waals surface area contributed by atoms with Crippen LogP contribution in [-0.4, -0.2) is 48.3 Å². The van der Waals surface area contributed by atoms with Gasteiger partial charge in [-0.25, -0.2) is 4.98 Å². The molecule has 0 amide bonds. The summed E-state index contributed by atoms with van der Waals surface area (Å²) in [6.45, 7) is 10.4. The number of fused-ring (bicyclic) bond motifs is 1. The molecule has 2 aromatic rings. The van der Waals surface area contributed by atoms with E-state index in [-0.39, 0.29) is 17.7 Å². The lowest BCUT2D eigenvalue weighted by atomic mass is 10.1. The second kappa shape index (κ2) is 9.37. The van der Waals surface area contributed by atoms with Gasteiger partial charge < -0.3 is 19.9 Å². The minimum Gasteiger partial charge on any atom is -0.365 e. The third kappa shape index (κ3) is 5.82. The van der Waals surface area contributed by atoms with Crippen molar-refractivity contribution in [3.8, 4) is 0 Å². The molecule has 0 aromatic carbocycles. The summed E-state index contributed by atoms with van der Waals surface area (Å²) in [6, 6.07) is 3.56. The van der Waals surface area contributed by atoms with Gasteiger partial charge in [-0.1, -0.05) is 19.6 Å². The van der Waals surface area contributed by atoms with Crippen LogP contribution in [0.1, 0.15) is 12.8 Å². The van der Waals surface area contributed by atoms with E-state index in [1.165, 1.54) is 6.42 Å². The number of nitrogens with zero attached hydrogens (tertiary/aromatic N) is 3. The first-order valence-corrected chi connectivity index (χ1v) is 13.1. The molecule has 2 N–H and O–H groups in total. The molecule has 2 aromatic heterocycles. The molecule has 0 aliphatic carbocycles. The molecule has 6 nitrogen and oxygen atoms in total. The number of piperidine rings is 1. The van der Waals surface area contributed by atoms with Crippen molar-refractivity contribution in [2.75, 3.05) is 25.0 Å². The molecule has 0 saturated carbocycles. The Labute approximate surface area is 167 Å². The molecular formula is C17H29Cl2N5OSi. The van der Waals surface area contributed by atoms with E-state index in [4.69, 9.17) is 16.3 Å². The Morgan fingerprint density at radius 1 is 1.38 bits per heavy atom. The Morgan fingerprint density at radius 3 is 2.88 bits per heavy atom. The van der Waals surface area contributed by atoms with E-state index in [1.54, 1.807) is 0 Å². The molecule has 3 heterocycles. The van der Waals surface area contributed by atoms with Gasteiger partial charge in [0.25, 0.3) is 0 Å². The highest BCUT2D eigenvalue weighted by molar-refractivity contribution is 6.76. The van der Waals surface area contributed by atoms with Gasteiger partial charge in [-0.3, -0.25) is 0 Å². The second-order valence-electron chi connectivity index (χ2n) is 7.90. The van der Waals surface area contributed by atoms with Crippen LogP contribution >= 0.6 is 24.0 Å². The average Bonchev–Trinajstić information content (AvgIpc) is 2.95. The van der Waals surface area contributed by atoms with E-state index >= 15 is 0 Å². The van der Waals surface area contributed by atoms with Crippen molar-refractivity contribution >= 4 is 48.9 Å². The standard InChI is InChI=1S/C17H28ClN5OSi.ClH/c1-25(2,3)10-9-24-12-23-8-6-14-15(21-17(18)22-16(14)23)20-13-5-4-7-19-11-13;/h6,8,13,19H,4-5,7,9-12H2,1-3H3,(H,20,21,22);1H/t13-;/m1./s1. The normalized spacial score (nSPS) is 17.9. The summed E-state index contributed by atoms with van der Waals surface area (Å²) < 4.78 is 7.85. The summed E-state index contributed by atoms with van der Waals surface area (Å²) in [5.74, 6) is 0.810. The van der Waals surface area contributed by atoms with Gasteiger partial charge in [-0.2, -0.15) is 4.98 Å². The number of halogens is 2. The minimum atomic E-state index is -1.07. The topological polar surface area (TPSA) is 64.0 Å². The van der Waals surface area contributed by atoms with Crippen LogP contribution in [0.15, 0.2) is 12.3 Å². The van der Waals surface area contributed by atoms with E-state index in [1.807, 2.05) is 16.8 Å². The first kappa shape index (κ1) is 21.4. The van der Waals surface area contributed by atoms with Crippen molar-refractivity contribution < 1.29 is 4.74 Å². The number of hydrogen-bond donors (Lipinski definition) is 2. The Kier molecular flexibility index (Phi) is 7.72. The molecule has 0 unspecified atom stereocenters. The molecule has 0 bridgehead atoms. The van der Waals surface area contributed by atoms with Crippen molar-refractivity contribution in [3.05, 3.63) is 17.5 Å². The zero-order valence-corrected chi connectivity index (χ0v) is 18.3. The zero-order valence-electron chi connectivity index (χ0n) is 15.7. The van der Waals surface area contributed by atoms with E-state index < -0.39 is 8.07 Å². The molecule has 1 aliphatic rings. The maximum atomic E-state index is 6.17. The maximum absolute atomic E-state index is 6.17. The molecule has 0 radical (unpaired) electrons. The van der Waals surface area contributed by atoms with Gasteiger partial charge in [0.05, 0.1) is 5.39 Å². The van der Waals surface area contributed by atoms with Crippen LogP contribution in [0.2, 0.25) is 31.0 Å². The van der Waals surface area contributed by atoms with Gasteiger partial charge in [0.1, 0.15) is 18.2 Å². The highest BCUT2D eigenvalue weighted by Crippen LogP contribution is 2.25. The van der Waals surface area contributed by atoms with Crippen molar-refractivity contribution in [1.29, 1.82) is 0 Å². The Bertz CT molecular complexity index is 713. The summed E-state index contributed by atoms with van der Waals surface area (Å²) in [4.78, 5) is 8.81. The minimum absolute atomic E-state index is 0. The number of rotatable bonds is 7. The third-order valence-corrected chi connectivity index (χ3v) is 6.33. The van der Waals surface area contributed by atoms with Crippen LogP contribution in [0.5, 0.6) is 0 Å². The fraction of sp³-hybridized carbons (Fsp3) is 0.647. The number of ether oxygens (including phenoxy) is 1. The molecule has 1 saturated heterocycles. The molecule has 146 valence electrons. The highest BCUT2D eigenvalue weighted by atomic mass is 35.5. The Hall–Kier alpha value is -0.863. The Morgan fingerprint density at radius 2 is 2.19 bits per heavy atom. The van der Waals surface area contributed by atoms with Crippen LogP contribution < -0.4 is 10.6 Å². The van der Waals surface area contributed by atoms with Gasteiger partial charge in [-0.15, -0.1) is 12.4 Å².